The number of hydrogen-bond donors (Lipinski definition) is 2. The molecule has 3 saturated carbocycles. The van der Waals surface area contributed by atoms with E-state index in [2.05, 4.69) is 10.6 Å². The van der Waals surface area contributed by atoms with Gasteiger partial charge in [-0.15, -0.1) is 0 Å². The number of amides is 1. The van der Waals surface area contributed by atoms with Crippen LogP contribution in [-0.4, -0.2) is 53.7 Å². The summed E-state index contributed by atoms with van der Waals surface area (Å²) in [6, 6.07) is 7.41. The summed E-state index contributed by atoms with van der Waals surface area (Å²) < 4.78 is 19.4. The second-order valence-corrected chi connectivity index (χ2v) is 12.9. The third-order valence-electron chi connectivity index (χ3n) is 10.1. The standard InChI is InChI=1S/C31H35FN6O2/c1-16-27(35-38-15-20(11-22(32)28(16)38)30(39)37-14-19-5-9-23(37)26(19)33)24-12-18-6-10-25(31(2,40)21-7-8-21)34-29(18)36(24)13-17-3-4-17/h6,10-12,15,17,19,21,23,26,40H,3-5,7-9,13-14,33H2,1-2H3/t19?,23?,26-,31?/m1/s1. The minimum atomic E-state index is -0.952. The van der Waals surface area contributed by atoms with Crippen molar-refractivity contribution in [1.82, 2.24) is 24.1 Å². The van der Waals surface area contributed by atoms with E-state index in [1.165, 1.54) is 23.4 Å². The Morgan fingerprint density at radius 1 is 1.18 bits per heavy atom. The van der Waals surface area contributed by atoms with Gasteiger partial charge in [0.2, 0.25) is 0 Å². The summed E-state index contributed by atoms with van der Waals surface area (Å²) in [6.07, 6.45) is 7.99. The van der Waals surface area contributed by atoms with E-state index in [4.69, 9.17) is 15.8 Å². The number of aromatic nitrogens is 4. The summed E-state index contributed by atoms with van der Waals surface area (Å²) in [5.74, 6) is 0.513. The van der Waals surface area contributed by atoms with Gasteiger partial charge in [0.15, 0.2) is 0 Å². The van der Waals surface area contributed by atoms with Crippen molar-refractivity contribution in [1.29, 1.82) is 0 Å². The maximum Gasteiger partial charge on any atom is 0.255 e. The van der Waals surface area contributed by atoms with Crippen molar-refractivity contribution in [3.63, 3.8) is 0 Å². The lowest BCUT2D eigenvalue weighted by Gasteiger charge is -2.27. The predicted molar refractivity (Wildman–Crippen MR) is 149 cm³/mol. The molecule has 4 fully saturated rings. The molecule has 4 aromatic heterocycles. The minimum Gasteiger partial charge on any atom is -0.384 e. The van der Waals surface area contributed by atoms with Gasteiger partial charge < -0.3 is 20.3 Å². The van der Waals surface area contributed by atoms with Gasteiger partial charge in [-0.3, -0.25) is 4.79 Å². The van der Waals surface area contributed by atoms with Gasteiger partial charge in [0.25, 0.3) is 5.91 Å². The van der Waals surface area contributed by atoms with E-state index in [-0.39, 0.29) is 23.9 Å². The molecule has 3 N–H and O–H groups in total. The van der Waals surface area contributed by atoms with Crippen molar-refractivity contribution in [2.24, 2.45) is 23.5 Å². The number of halogens is 1. The predicted octanol–water partition coefficient (Wildman–Crippen LogP) is 4.39. The lowest BCUT2D eigenvalue weighted by atomic mass is 9.95. The van der Waals surface area contributed by atoms with Crippen LogP contribution in [-0.2, 0) is 12.1 Å². The van der Waals surface area contributed by atoms with Crippen LogP contribution in [0, 0.1) is 30.5 Å². The molecular weight excluding hydrogens is 507 g/mol. The topological polar surface area (TPSA) is 102 Å². The zero-order valence-electron chi connectivity index (χ0n) is 23.0. The second kappa shape index (κ2) is 8.36. The quantitative estimate of drug-likeness (QED) is 0.376. The number of aryl methyl sites for hydroxylation is 1. The number of rotatable bonds is 6. The van der Waals surface area contributed by atoms with Crippen molar-refractivity contribution >= 4 is 22.5 Å². The smallest absolute Gasteiger partial charge is 0.255 e. The molecule has 208 valence electrons. The maximum absolute atomic E-state index is 15.6. The fourth-order valence-electron chi connectivity index (χ4n) is 7.28. The highest BCUT2D eigenvalue weighted by Crippen LogP contribution is 2.45. The third kappa shape index (κ3) is 3.59. The molecule has 4 aromatic rings. The van der Waals surface area contributed by atoms with Gasteiger partial charge in [-0.25, -0.2) is 13.9 Å². The molecule has 5 heterocycles. The maximum atomic E-state index is 15.6. The number of likely N-dealkylation sites (tertiary alicyclic amines) is 1. The summed E-state index contributed by atoms with van der Waals surface area (Å²) in [5, 5.41) is 17.0. The Morgan fingerprint density at radius 3 is 2.65 bits per heavy atom. The van der Waals surface area contributed by atoms with Gasteiger partial charge in [0, 0.05) is 42.3 Å². The fraction of sp³-hybridized carbons (Fsp3) is 0.516. The number of nitrogens with zero attached hydrogens (tertiary/aromatic N) is 5. The molecule has 8 rings (SSSR count). The van der Waals surface area contributed by atoms with Crippen molar-refractivity contribution in [2.75, 3.05) is 6.54 Å². The molecule has 0 spiro atoms. The van der Waals surface area contributed by atoms with Crippen molar-refractivity contribution in [3.05, 3.63) is 53.1 Å². The van der Waals surface area contributed by atoms with E-state index >= 15 is 4.39 Å². The Labute approximate surface area is 232 Å². The van der Waals surface area contributed by atoms with Crippen molar-refractivity contribution in [2.45, 2.75) is 76.6 Å². The number of fused-ring (bicyclic) bond motifs is 4. The number of carbonyl (C=O) groups excluding carboxylic acids is 1. The number of pyridine rings is 2. The van der Waals surface area contributed by atoms with Crippen LogP contribution in [0.15, 0.2) is 30.5 Å². The van der Waals surface area contributed by atoms with E-state index in [1.54, 1.807) is 6.20 Å². The van der Waals surface area contributed by atoms with E-state index in [0.717, 1.165) is 54.5 Å². The Hall–Kier alpha value is -3.30. The average Bonchev–Trinajstić information content (AvgIpc) is 3.85. The van der Waals surface area contributed by atoms with Crippen LogP contribution in [0.2, 0.25) is 0 Å². The van der Waals surface area contributed by atoms with Crippen LogP contribution in [0.5, 0.6) is 0 Å². The molecule has 1 amide bonds. The first-order valence-corrected chi connectivity index (χ1v) is 14.7. The molecule has 1 saturated heterocycles. The molecule has 3 unspecified atom stereocenters. The van der Waals surface area contributed by atoms with Crippen molar-refractivity contribution in [3.8, 4) is 11.4 Å². The van der Waals surface area contributed by atoms with Crippen LogP contribution < -0.4 is 5.73 Å². The number of piperidine rings is 1. The van der Waals surface area contributed by atoms with Crippen LogP contribution in [0.25, 0.3) is 27.9 Å². The lowest BCUT2D eigenvalue weighted by molar-refractivity contribution is 0.0289. The second-order valence-electron chi connectivity index (χ2n) is 12.9. The number of hydrogen-bond acceptors (Lipinski definition) is 5. The molecule has 1 aliphatic heterocycles. The van der Waals surface area contributed by atoms with E-state index in [9.17, 15) is 9.90 Å². The molecule has 4 atom stereocenters. The SMILES string of the molecule is Cc1c(-c2cc3ccc(C(C)(O)C4CC4)nc3n2CC2CC2)nn2cc(C(=O)N3CC4CCC3[C@@H]4N)cc(F)c12. The number of carbonyl (C=O) groups is 1. The van der Waals surface area contributed by atoms with Gasteiger partial charge in [0.05, 0.1) is 17.0 Å². The molecule has 40 heavy (non-hydrogen) atoms. The Morgan fingerprint density at radius 2 is 1.98 bits per heavy atom. The van der Waals surface area contributed by atoms with Crippen LogP contribution in [0.4, 0.5) is 4.39 Å². The normalized spacial score (nSPS) is 25.8. The third-order valence-corrected chi connectivity index (χ3v) is 10.1. The van der Waals surface area contributed by atoms with E-state index in [1.807, 2.05) is 30.9 Å². The first-order chi connectivity index (χ1) is 19.2. The van der Waals surface area contributed by atoms with Gasteiger partial charge in [-0.1, -0.05) is 0 Å². The summed E-state index contributed by atoms with van der Waals surface area (Å²) >= 11 is 0. The summed E-state index contributed by atoms with van der Waals surface area (Å²) in [5.41, 5.74) is 9.86. The molecule has 0 aromatic carbocycles. The Bertz CT molecular complexity index is 1700. The van der Waals surface area contributed by atoms with E-state index in [0.29, 0.717) is 40.8 Å². The van der Waals surface area contributed by atoms with Crippen LogP contribution in [0.3, 0.4) is 0 Å². The Balaban J connectivity index is 1.22. The van der Waals surface area contributed by atoms with Gasteiger partial charge in [0.1, 0.15) is 28.3 Å². The van der Waals surface area contributed by atoms with Gasteiger partial charge in [-0.2, -0.15) is 5.10 Å². The molecule has 8 nitrogen and oxygen atoms in total. The van der Waals surface area contributed by atoms with Gasteiger partial charge >= 0.3 is 0 Å². The molecule has 4 aliphatic rings. The largest absolute Gasteiger partial charge is 0.384 e. The van der Waals surface area contributed by atoms with Crippen LogP contribution >= 0.6 is 0 Å². The molecule has 3 aliphatic carbocycles. The monoisotopic (exact) mass is 542 g/mol. The average molecular weight is 543 g/mol. The summed E-state index contributed by atoms with van der Waals surface area (Å²) in [6.45, 7) is 5.19. The first kappa shape index (κ1) is 24.5. The first-order valence-electron chi connectivity index (χ1n) is 14.7. The van der Waals surface area contributed by atoms with Gasteiger partial charge in [-0.05, 0) is 94.4 Å². The fourth-order valence-corrected chi connectivity index (χ4v) is 7.28. The Kier molecular flexibility index (Phi) is 5.12. The molecule has 2 bridgehead atoms. The zero-order valence-corrected chi connectivity index (χ0v) is 23.0. The van der Waals surface area contributed by atoms with Crippen LogP contribution in [0.1, 0.15) is 67.1 Å². The van der Waals surface area contributed by atoms with Crippen molar-refractivity contribution < 1.29 is 14.3 Å². The minimum absolute atomic E-state index is 0.00608. The highest BCUT2D eigenvalue weighted by atomic mass is 19.1. The van der Waals surface area contributed by atoms with E-state index < -0.39 is 11.4 Å². The number of nitrogens with two attached hydrogens (primary N) is 1. The highest BCUT2D eigenvalue weighted by molar-refractivity contribution is 5.95. The molecule has 0 radical (unpaired) electrons. The molecule has 9 heteroatoms. The zero-order chi connectivity index (χ0) is 27.5. The molecular formula is C31H35FN6O2. The summed E-state index contributed by atoms with van der Waals surface area (Å²) in [7, 11) is 0. The number of aliphatic hydroxyl groups is 1. The summed E-state index contributed by atoms with van der Waals surface area (Å²) in [4.78, 5) is 20.2. The highest BCUT2D eigenvalue weighted by Gasteiger charge is 2.47. The lowest BCUT2D eigenvalue weighted by Crippen LogP contribution is -2.41.